The number of hydrogen-bond acceptors (Lipinski definition) is 3. The van der Waals surface area contributed by atoms with Crippen LogP contribution in [0.15, 0.2) is 5.10 Å². The summed E-state index contributed by atoms with van der Waals surface area (Å²) in [6.07, 6.45) is 0. The van der Waals surface area contributed by atoms with Gasteiger partial charge in [-0.3, -0.25) is 5.43 Å². The zero-order chi connectivity index (χ0) is 7.28. The normalized spacial score (nSPS) is 11.1. The van der Waals surface area contributed by atoms with Gasteiger partial charge in [-0.1, -0.05) is 0 Å². The van der Waals surface area contributed by atoms with Crippen molar-refractivity contribution in [2.75, 3.05) is 5.75 Å². The topological polar surface area (TPSA) is 50.4 Å². The average Bonchev–Trinajstić information content (AvgIpc) is 1.83. The van der Waals surface area contributed by atoms with E-state index in [1.807, 2.05) is 6.92 Å². The molecule has 0 amide bonds. The van der Waals surface area contributed by atoms with Gasteiger partial charge in [-0.05, 0) is 19.1 Å². The van der Waals surface area contributed by atoms with E-state index in [2.05, 4.69) is 35.4 Å². The van der Waals surface area contributed by atoms with Crippen molar-refractivity contribution in [2.45, 2.75) is 6.92 Å². The van der Waals surface area contributed by atoms with Crippen molar-refractivity contribution in [1.82, 2.24) is 5.43 Å². The van der Waals surface area contributed by atoms with Crippen LogP contribution < -0.4 is 11.2 Å². The fraction of sp³-hybridized carbons (Fsp3) is 0.500. The lowest BCUT2D eigenvalue weighted by Crippen LogP contribution is -2.25. The minimum Gasteiger partial charge on any atom is -0.375 e. The number of rotatable bonds is 2. The average molecular weight is 163 g/mol. The number of hydrazone groups is 1. The van der Waals surface area contributed by atoms with Crippen LogP contribution in [0.1, 0.15) is 6.92 Å². The van der Waals surface area contributed by atoms with Gasteiger partial charge in [-0.25, -0.2) is 0 Å². The fourth-order valence-corrected chi connectivity index (χ4v) is 0.302. The van der Waals surface area contributed by atoms with Gasteiger partial charge in [0.25, 0.3) is 0 Å². The minimum absolute atomic E-state index is 0.177. The van der Waals surface area contributed by atoms with E-state index in [1.54, 1.807) is 0 Å². The van der Waals surface area contributed by atoms with E-state index in [9.17, 15) is 0 Å². The van der Waals surface area contributed by atoms with Crippen molar-refractivity contribution in [3.05, 3.63) is 0 Å². The second-order valence-corrected chi connectivity index (χ2v) is 2.24. The summed E-state index contributed by atoms with van der Waals surface area (Å²) in [7, 11) is 0. The molecular formula is C4H9N3S2. The lowest BCUT2D eigenvalue weighted by molar-refractivity contribution is 1.03. The zero-order valence-corrected chi connectivity index (χ0v) is 6.80. The van der Waals surface area contributed by atoms with Crippen LogP contribution in [0, 0.1) is 0 Å². The Morgan fingerprint density at radius 2 is 2.44 bits per heavy atom. The molecule has 0 aliphatic rings. The lowest BCUT2D eigenvalue weighted by Gasteiger charge is -1.95. The molecule has 0 unspecified atom stereocenters. The van der Waals surface area contributed by atoms with Gasteiger partial charge in [0, 0.05) is 11.5 Å². The summed E-state index contributed by atoms with van der Waals surface area (Å²) < 4.78 is 0. The molecule has 0 aliphatic carbocycles. The molecule has 3 N–H and O–H groups in total. The highest BCUT2D eigenvalue weighted by molar-refractivity contribution is 7.81. The summed E-state index contributed by atoms with van der Waals surface area (Å²) in [5.41, 5.74) is 8.38. The van der Waals surface area contributed by atoms with Crippen molar-refractivity contribution >= 4 is 35.7 Å². The second kappa shape index (κ2) is 4.58. The quantitative estimate of drug-likeness (QED) is 0.235. The Hall–Kier alpha value is -0.290. The van der Waals surface area contributed by atoms with Crippen LogP contribution in [0.2, 0.25) is 0 Å². The van der Waals surface area contributed by atoms with Crippen molar-refractivity contribution < 1.29 is 0 Å². The van der Waals surface area contributed by atoms with Crippen LogP contribution in [0.25, 0.3) is 0 Å². The Bertz CT molecular complexity index is 132. The number of hydrogen-bond donors (Lipinski definition) is 3. The molecule has 0 atom stereocenters. The molecule has 0 bridgehead atoms. The first-order valence-electron chi connectivity index (χ1n) is 2.36. The summed E-state index contributed by atoms with van der Waals surface area (Å²) in [5.74, 6) is 0.607. The number of nitrogens with two attached hydrogens (primary N) is 1. The molecule has 0 aromatic heterocycles. The highest BCUT2D eigenvalue weighted by Crippen LogP contribution is 1.77. The van der Waals surface area contributed by atoms with Crippen LogP contribution in [-0.4, -0.2) is 16.6 Å². The van der Waals surface area contributed by atoms with E-state index in [4.69, 9.17) is 5.73 Å². The third kappa shape index (κ3) is 5.58. The van der Waals surface area contributed by atoms with E-state index < -0.39 is 0 Å². The van der Waals surface area contributed by atoms with E-state index in [1.165, 1.54) is 0 Å². The molecule has 0 heterocycles. The van der Waals surface area contributed by atoms with Crippen molar-refractivity contribution in [3.63, 3.8) is 0 Å². The third-order valence-corrected chi connectivity index (χ3v) is 1.13. The Balaban J connectivity index is 3.56. The van der Waals surface area contributed by atoms with Crippen LogP contribution in [-0.2, 0) is 0 Å². The largest absolute Gasteiger partial charge is 0.375 e. The Morgan fingerprint density at radius 3 is 2.78 bits per heavy atom. The first-order chi connectivity index (χ1) is 4.16. The predicted octanol–water partition coefficient (Wildman–Crippen LogP) is 0.125. The molecule has 3 nitrogen and oxygen atoms in total. The summed E-state index contributed by atoms with van der Waals surface area (Å²) in [6, 6.07) is 0. The fourth-order valence-electron chi connectivity index (χ4n) is 0.186. The van der Waals surface area contributed by atoms with Crippen molar-refractivity contribution in [2.24, 2.45) is 10.8 Å². The highest BCUT2D eigenvalue weighted by Gasteiger charge is 1.84. The first-order valence-corrected chi connectivity index (χ1v) is 3.40. The van der Waals surface area contributed by atoms with Crippen molar-refractivity contribution in [1.29, 1.82) is 0 Å². The highest BCUT2D eigenvalue weighted by atomic mass is 32.1. The molecule has 9 heavy (non-hydrogen) atoms. The maximum atomic E-state index is 5.08. The number of nitrogens with zero attached hydrogens (tertiary/aromatic N) is 1. The SMILES string of the molecule is C/C(CS)=N\NC(N)=S. The van der Waals surface area contributed by atoms with E-state index in [0.717, 1.165) is 5.71 Å². The molecule has 5 heteroatoms. The molecule has 0 aromatic carbocycles. The molecule has 0 saturated heterocycles. The predicted molar refractivity (Wildman–Crippen MR) is 46.9 cm³/mol. The maximum Gasteiger partial charge on any atom is 0.184 e. The molecule has 0 fully saturated rings. The molecule has 0 rings (SSSR count). The summed E-state index contributed by atoms with van der Waals surface area (Å²) in [6.45, 7) is 1.83. The molecule has 0 aliphatic heterocycles. The number of thiocarbonyl (C=S) groups is 1. The molecule has 0 saturated carbocycles. The van der Waals surface area contributed by atoms with Crippen molar-refractivity contribution in [3.8, 4) is 0 Å². The van der Waals surface area contributed by atoms with Gasteiger partial charge in [-0.15, -0.1) is 0 Å². The van der Waals surface area contributed by atoms with Gasteiger partial charge in [0.2, 0.25) is 0 Å². The minimum atomic E-state index is 0.177. The van der Waals surface area contributed by atoms with Gasteiger partial charge < -0.3 is 5.73 Å². The Labute approximate surface area is 65.1 Å². The molecule has 0 radical (unpaired) electrons. The molecule has 0 spiro atoms. The van der Waals surface area contributed by atoms with Gasteiger partial charge in [0.15, 0.2) is 5.11 Å². The Kier molecular flexibility index (Phi) is 4.43. The summed E-state index contributed by atoms with van der Waals surface area (Å²) in [5, 5.41) is 3.94. The monoisotopic (exact) mass is 163 g/mol. The van der Waals surface area contributed by atoms with Gasteiger partial charge in [0.05, 0.1) is 0 Å². The summed E-state index contributed by atoms with van der Waals surface area (Å²) >= 11 is 8.46. The van der Waals surface area contributed by atoms with E-state index in [-0.39, 0.29) is 5.11 Å². The van der Waals surface area contributed by atoms with Crippen LogP contribution in [0.3, 0.4) is 0 Å². The van der Waals surface area contributed by atoms with E-state index in [0.29, 0.717) is 5.75 Å². The number of nitrogens with one attached hydrogen (secondary N) is 1. The van der Waals surface area contributed by atoms with Crippen LogP contribution in [0.5, 0.6) is 0 Å². The Morgan fingerprint density at radius 1 is 1.89 bits per heavy atom. The van der Waals surface area contributed by atoms with Crippen LogP contribution in [0.4, 0.5) is 0 Å². The molecule has 0 aromatic rings. The maximum absolute atomic E-state index is 5.08. The van der Waals surface area contributed by atoms with Crippen LogP contribution >= 0.6 is 24.8 Å². The number of thiol groups is 1. The molecular weight excluding hydrogens is 154 g/mol. The lowest BCUT2D eigenvalue weighted by atomic mass is 10.5. The van der Waals surface area contributed by atoms with E-state index >= 15 is 0 Å². The van der Waals surface area contributed by atoms with Gasteiger partial charge in [-0.2, -0.15) is 17.7 Å². The van der Waals surface area contributed by atoms with Gasteiger partial charge >= 0.3 is 0 Å². The third-order valence-electron chi connectivity index (χ3n) is 0.586. The van der Waals surface area contributed by atoms with Gasteiger partial charge in [0.1, 0.15) is 0 Å². The first kappa shape index (κ1) is 8.71. The molecule has 52 valence electrons. The zero-order valence-electron chi connectivity index (χ0n) is 5.09. The smallest absolute Gasteiger partial charge is 0.184 e. The second-order valence-electron chi connectivity index (χ2n) is 1.48. The standard InChI is InChI=1S/C4H9N3S2/c1-3(2-8)6-7-4(5)9/h8H,2H2,1H3,(H3,5,7,9)/b6-3+. The summed E-state index contributed by atoms with van der Waals surface area (Å²) in [4.78, 5) is 0.